The normalized spacial score (nSPS) is 18.3. The fourth-order valence-electron chi connectivity index (χ4n) is 3.16. The minimum atomic E-state index is -0.914. The molecule has 2 aromatic rings. The van der Waals surface area contributed by atoms with Crippen LogP contribution in [0.4, 0.5) is 0 Å². The fraction of sp³-hybridized carbons (Fsp3) is 0.241. The van der Waals surface area contributed by atoms with E-state index in [1.807, 2.05) is 62.4 Å². The molecular weight excluding hydrogens is 380 g/mol. The molecule has 0 radical (unpaired) electrons. The Hall–Kier alpha value is -2.51. The molecule has 0 N–H and O–H groups in total. The van der Waals surface area contributed by atoms with Crippen LogP contribution < -0.4 is 0 Å². The molecule has 1 heteroatoms. The van der Waals surface area contributed by atoms with Gasteiger partial charge in [0.1, 0.15) is 0 Å². The molecule has 0 fully saturated rings. The second-order valence-electron chi connectivity index (χ2n) is 6.93. The molecule has 1 aliphatic carbocycles. The van der Waals surface area contributed by atoms with Crippen LogP contribution in [0.5, 0.6) is 0 Å². The molecule has 0 aliphatic heterocycles. The molecule has 0 saturated heterocycles. The Morgan fingerprint density at radius 1 is 0.900 bits per heavy atom. The Kier molecular flexibility index (Phi) is 13.1. The molecule has 30 heavy (non-hydrogen) atoms. The average Bonchev–Trinajstić information content (AvgIpc) is 2.82. The summed E-state index contributed by atoms with van der Waals surface area (Å²) in [7, 11) is -0.914. The van der Waals surface area contributed by atoms with Crippen LogP contribution in [0.2, 0.25) is 0 Å². The van der Waals surface area contributed by atoms with E-state index in [1.165, 1.54) is 10.5 Å². The Labute approximate surface area is 186 Å². The first kappa shape index (κ1) is 25.5. The molecule has 2 aromatic carbocycles. The maximum Gasteiger partial charge on any atom is 0.0148 e. The maximum atomic E-state index is 3.71. The lowest BCUT2D eigenvalue weighted by Gasteiger charge is -2.43. The van der Waals surface area contributed by atoms with Crippen LogP contribution in [0.25, 0.3) is 0 Å². The summed E-state index contributed by atoms with van der Waals surface area (Å²) in [4.78, 5) is 1.50. The summed E-state index contributed by atoms with van der Waals surface area (Å²) in [5, 5.41) is 0.618. The predicted octanol–water partition coefficient (Wildman–Crippen LogP) is 8.77. The highest BCUT2D eigenvalue weighted by Gasteiger charge is 2.28. The summed E-state index contributed by atoms with van der Waals surface area (Å²) in [6.07, 6.45) is 20.9. The zero-order valence-corrected chi connectivity index (χ0v) is 19.9. The quantitative estimate of drug-likeness (QED) is 0.411. The van der Waals surface area contributed by atoms with Gasteiger partial charge in [-0.25, -0.2) is 10.0 Å². The van der Waals surface area contributed by atoms with E-state index in [4.69, 9.17) is 0 Å². The van der Waals surface area contributed by atoms with Crippen molar-refractivity contribution in [2.75, 3.05) is 12.0 Å². The van der Waals surface area contributed by atoms with Crippen LogP contribution in [-0.2, 0) is 0 Å². The van der Waals surface area contributed by atoms with Crippen molar-refractivity contribution in [2.45, 2.75) is 37.3 Å². The molecular formula is C29H38S. The molecule has 160 valence electrons. The molecule has 1 aliphatic rings. The van der Waals surface area contributed by atoms with Gasteiger partial charge in [0.05, 0.1) is 0 Å². The van der Waals surface area contributed by atoms with Crippen LogP contribution in [-0.4, -0.2) is 17.3 Å². The molecule has 0 amide bonds. The molecule has 0 spiro atoms. The molecule has 3 rings (SSSR count). The maximum absolute atomic E-state index is 3.71. The van der Waals surface area contributed by atoms with Crippen molar-refractivity contribution in [1.29, 1.82) is 0 Å². The fourth-order valence-corrected chi connectivity index (χ4v) is 6.28. The van der Waals surface area contributed by atoms with Gasteiger partial charge >= 0.3 is 0 Å². The van der Waals surface area contributed by atoms with E-state index >= 15 is 0 Å². The second-order valence-corrected chi connectivity index (χ2v) is 10.7. The minimum absolute atomic E-state index is 0.618. The van der Waals surface area contributed by atoms with E-state index in [1.54, 1.807) is 0 Å². The summed E-state index contributed by atoms with van der Waals surface area (Å²) in [6, 6.07) is 23.0. The van der Waals surface area contributed by atoms with Crippen molar-refractivity contribution in [2.24, 2.45) is 0 Å². The van der Waals surface area contributed by atoms with Crippen molar-refractivity contribution >= 4 is 10.0 Å². The van der Waals surface area contributed by atoms with Gasteiger partial charge in [-0.1, -0.05) is 141 Å². The van der Waals surface area contributed by atoms with Crippen LogP contribution in [0.15, 0.2) is 132 Å². The van der Waals surface area contributed by atoms with Crippen LogP contribution in [0.3, 0.4) is 0 Å². The third-order valence-electron chi connectivity index (χ3n) is 4.75. The Bertz CT molecular complexity index is 785. The van der Waals surface area contributed by atoms with Crippen molar-refractivity contribution in [3.05, 3.63) is 127 Å². The van der Waals surface area contributed by atoms with Gasteiger partial charge in [0.15, 0.2) is 0 Å². The lowest BCUT2D eigenvalue weighted by atomic mass is 10.1. The topological polar surface area (TPSA) is 0 Å². The van der Waals surface area contributed by atoms with Gasteiger partial charge in [0, 0.05) is 5.25 Å². The van der Waals surface area contributed by atoms with E-state index in [2.05, 4.69) is 86.5 Å². The number of allylic oxidation sites excluding steroid dienone is 7. The Balaban J connectivity index is 0.000000474. The zero-order chi connectivity index (χ0) is 22.1. The van der Waals surface area contributed by atoms with Crippen LogP contribution in [0.1, 0.15) is 27.2 Å². The van der Waals surface area contributed by atoms with Crippen molar-refractivity contribution in [3.8, 4) is 0 Å². The summed E-state index contributed by atoms with van der Waals surface area (Å²) >= 11 is 0. The van der Waals surface area contributed by atoms with Crippen molar-refractivity contribution in [1.82, 2.24) is 0 Å². The number of rotatable bonds is 6. The third kappa shape index (κ3) is 8.88. The molecule has 2 unspecified atom stereocenters. The second kappa shape index (κ2) is 15.3. The first-order valence-electron chi connectivity index (χ1n) is 10.8. The Morgan fingerprint density at radius 2 is 1.47 bits per heavy atom. The number of hydrogen-bond donors (Lipinski definition) is 0. The standard InChI is InChI=1S/C21H26S.C6H6.C2H6/c1-4-5-6-7-11-17-22(3,20-14-9-8-10-15-20)21-16-12-13-19(2)18-21;1-2-4-6-5-3-1;1-2/h4-15,18,21H,1,16-17H2,2-3H3;1-6H;1-2H3/b6-5-,11-7-;;. The molecule has 0 nitrogen and oxygen atoms in total. The van der Waals surface area contributed by atoms with E-state index < -0.39 is 10.0 Å². The van der Waals surface area contributed by atoms with Crippen molar-refractivity contribution < 1.29 is 0 Å². The van der Waals surface area contributed by atoms with Gasteiger partial charge in [-0.15, -0.1) is 0 Å². The monoisotopic (exact) mass is 418 g/mol. The summed E-state index contributed by atoms with van der Waals surface area (Å²) in [5.74, 6) is 1.11. The van der Waals surface area contributed by atoms with Crippen LogP contribution in [0, 0.1) is 0 Å². The SMILES string of the molecule is C=C/C=C\C=C/CS(C)(c1ccccc1)C1C=C(C)C=CC1.CC.c1ccccc1. The molecule has 2 atom stereocenters. The first-order chi connectivity index (χ1) is 14.7. The molecule has 0 heterocycles. The average molecular weight is 419 g/mol. The van der Waals surface area contributed by atoms with Gasteiger partial charge in [-0.2, -0.15) is 0 Å². The van der Waals surface area contributed by atoms with Gasteiger partial charge in [0.25, 0.3) is 0 Å². The smallest absolute Gasteiger partial charge is 0.0148 e. The highest BCUT2D eigenvalue weighted by Crippen LogP contribution is 2.59. The summed E-state index contributed by atoms with van der Waals surface area (Å²) in [6.45, 7) is 9.91. The third-order valence-corrected chi connectivity index (χ3v) is 8.65. The van der Waals surface area contributed by atoms with Gasteiger partial charge in [-0.3, -0.25) is 0 Å². The van der Waals surface area contributed by atoms with E-state index in [9.17, 15) is 0 Å². The minimum Gasteiger partial charge on any atom is -0.207 e. The molecule has 0 bridgehead atoms. The van der Waals surface area contributed by atoms with Crippen molar-refractivity contribution in [3.63, 3.8) is 0 Å². The Morgan fingerprint density at radius 3 is 2.00 bits per heavy atom. The lowest BCUT2D eigenvalue weighted by Crippen LogP contribution is -2.19. The zero-order valence-electron chi connectivity index (χ0n) is 19.1. The summed E-state index contributed by atoms with van der Waals surface area (Å²) < 4.78 is 0. The molecule has 0 saturated carbocycles. The lowest BCUT2D eigenvalue weighted by molar-refractivity contribution is 1.01. The van der Waals surface area contributed by atoms with E-state index in [0.717, 1.165) is 12.2 Å². The number of benzene rings is 2. The van der Waals surface area contributed by atoms with Gasteiger partial charge in [-0.05, 0) is 30.2 Å². The predicted molar refractivity (Wildman–Crippen MR) is 141 cm³/mol. The summed E-state index contributed by atoms with van der Waals surface area (Å²) in [5.41, 5.74) is 1.39. The van der Waals surface area contributed by atoms with E-state index in [-0.39, 0.29) is 0 Å². The highest BCUT2D eigenvalue weighted by atomic mass is 32.3. The highest BCUT2D eigenvalue weighted by molar-refractivity contribution is 8.33. The number of hydrogen-bond acceptors (Lipinski definition) is 0. The van der Waals surface area contributed by atoms with Gasteiger partial charge in [0.2, 0.25) is 0 Å². The van der Waals surface area contributed by atoms with E-state index in [0.29, 0.717) is 5.25 Å². The first-order valence-corrected chi connectivity index (χ1v) is 13.0. The van der Waals surface area contributed by atoms with Gasteiger partial charge < -0.3 is 0 Å². The molecule has 0 aromatic heterocycles. The largest absolute Gasteiger partial charge is 0.207 e. The van der Waals surface area contributed by atoms with Crippen LogP contribution >= 0.6 is 10.0 Å².